The van der Waals surface area contributed by atoms with Gasteiger partial charge in [0.15, 0.2) is 5.82 Å². The van der Waals surface area contributed by atoms with Crippen molar-refractivity contribution < 1.29 is 14.3 Å². The van der Waals surface area contributed by atoms with E-state index in [9.17, 15) is 9.59 Å². The van der Waals surface area contributed by atoms with Crippen LogP contribution in [0.5, 0.6) is 0 Å². The fourth-order valence-corrected chi connectivity index (χ4v) is 3.43. The third-order valence-corrected chi connectivity index (χ3v) is 5.06. The number of esters is 1. The third kappa shape index (κ3) is 4.30. The van der Waals surface area contributed by atoms with Crippen LogP contribution in [-0.4, -0.2) is 38.5 Å². The Labute approximate surface area is 152 Å². The fourth-order valence-electron chi connectivity index (χ4n) is 3.43. The van der Waals surface area contributed by atoms with E-state index in [-0.39, 0.29) is 18.3 Å². The molecule has 140 valence electrons. The van der Waals surface area contributed by atoms with Gasteiger partial charge < -0.3 is 10.1 Å². The van der Waals surface area contributed by atoms with Gasteiger partial charge in [0.25, 0.3) is 0 Å². The van der Waals surface area contributed by atoms with E-state index in [0.29, 0.717) is 24.3 Å². The molecule has 2 heterocycles. The van der Waals surface area contributed by atoms with Gasteiger partial charge in [-0.15, -0.1) is 0 Å². The first-order valence-corrected chi connectivity index (χ1v) is 8.88. The summed E-state index contributed by atoms with van der Waals surface area (Å²) in [5.41, 5.74) is 2.90. The average molecular weight is 359 g/mol. The van der Waals surface area contributed by atoms with Crippen LogP contribution >= 0.6 is 0 Å². The molecule has 0 bridgehead atoms. The van der Waals surface area contributed by atoms with Gasteiger partial charge >= 0.3 is 5.97 Å². The Kier molecular flexibility index (Phi) is 5.39. The number of amides is 1. The number of aromatic amines is 1. The molecule has 0 aromatic carbocycles. The summed E-state index contributed by atoms with van der Waals surface area (Å²) in [6.45, 7) is 3.85. The van der Waals surface area contributed by atoms with Crippen LogP contribution in [0.15, 0.2) is 12.3 Å². The standard InChI is InChI=1S/C18H25N5O3/c1-11-15(9-19-23(11)3)7-18(25)20-17-8-16(21-22-17)14-5-4-13(6-14)10-26-12(2)24/h8-9,13-14H,4-7,10H2,1-3H3,(H2,20,21,22,25)/t13?,14-/m0/s1. The summed E-state index contributed by atoms with van der Waals surface area (Å²) >= 11 is 0. The van der Waals surface area contributed by atoms with Gasteiger partial charge in [-0.25, -0.2) is 0 Å². The van der Waals surface area contributed by atoms with Crippen molar-refractivity contribution in [3.8, 4) is 0 Å². The van der Waals surface area contributed by atoms with E-state index in [1.807, 2.05) is 20.0 Å². The number of carbonyl (C=O) groups excluding carboxylic acids is 2. The molecule has 1 amide bonds. The first-order valence-electron chi connectivity index (χ1n) is 8.88. The van der Waals surface area contributed by atoms with Crippen LogP contribution in [0.4, 0.5) is 5.82 Å². The lowest BCUT2D eigenvalue weighted by Crippen LogP contribution is -2.15. The van der Waals surface area contributed by atoms with Crippen LogP contribution in [0.3, 0.4) is 0 Å². The maximum absolute atomic E-state index is 12.2. The second-order valence-corrected chi connectivity index (χ2v) is 6.99. The summed E-state index contributed by atoms with van der Waals surface area (Å²) in [4.78, 5) is 23.2. The van der Waals surface area contributed by atoms with E-state index >= 15 is 0 Å². The maximum atomic E-state index is 12.2. The van der Waals surface area contributed by atoms with Crippen LogP contribution in [0, 0.1) is 12.8 Å². The predicted molar refractivity (Wildman–Crippen MR) is 95.6 cm³/mol. The lowest BCUT2D eigenvalue weighted by molar-refractivity contribution is -0.142. The van der Waals surface area contributed by atoms with Gasteiger partial charge in [0.2, 0.25) is 5.91 Å². The minimum absolute atomic E-state index is 0.113. The number of aromatic nitrogens is 4. The molecule has 26 heavy (non-hydrogen) atoms. The summed E-state index contributed by atoms with van der Waals surface area (Å²) in [7, 11) is 1.85. The summed E-state index contributed by atoms with van der Waals surface area (Å²) in [6.07, 6.45) is 5.00. The Morgan fingerprint density at radius 3 is 2.92 bits per heavy atom. The number of nitrogens with one attached hydrogen (secondary N) is 2. The topological polar surface area (TPSA) is 102 Å². The Morgan fingerprint density at radius 2 is 2.23 bits per heavy atom. The van der Waals surface area contributed by atoms with Crippen molar-refractivity contribution in [3.63, 3.8) is 0 Å². The lowest BCUT2D eigenvalue weighted by Gasteiger charge is -2.09. The molecular formula is C18H25N5O3. The number of hydrogen-bond acceptors (Lipinski definition) is 5. The Hall–Kier alpha value is -2.64. The number of aryl methyl sites for hydroxylation is 1. The monoisotopic (exact) mass is 359 g/mol. The van der Waals surface area contributed by atoms with Gasteiger partial charge in [0.1, 0.15) is 0 Å². The molecule has 0 saturated heterocycles. The Bertz CT molecular complexity index is 795. The highest BCUT2D eigenvalue weighted by molar-refractivity contribution is 5.91. The quantitative estimate of drug-likeness (QED) is 0.769. The molecule has 8 nitrogen and oxygen atoms in total. The molecular weight excluding hydrogens is 334 g/mol. The van der Waals surface area contributed by atoms with Gasteiger partial charge in [0.05, 0.1) is 19.2 Å². The first kappa shape index (κ1) is 18.2. The highest BCUT2D eigenvalue weighted by Gasteiger charge is 2.28. The van der Waals surface area contributed by atoms with Crippen LogP contribution in [0.25, 0.3) is 0 Å². The Morgan fingerprint density at radius 1 is 1.42 bits per heavy atom. The van der Waals surface area contributed by atoms with Gasteiger partial charge in [-0.3, -0.25) is 19.4 Å². The van der Waals surface area contributed by atoms with Crippen molar-refractivity contribution in [3.05, 3.63) is 29.2 Å². The molecule has 1 aliphatic rings. The number of ether oxygens (including phenoxy) is 1. The zero-order chi connectivity index (χ0) is 18.7. The minimum Gasteiger partial charge on any atom is -0.466 e. The molecule has 3 rings (SSSR count). The van der Waals surface area contributed by atoms with E-state index in [0.717, 1.165) is 36.2 Å². The molecule has 1 aliphatic carbocycles. The molecule has 0 radical (unpaired) electrons. The van der Waals surface area contributed by atoms with E-state index in [1.54, 1.807) is 10.9 Å². The van der Waals surface area contributed by atoms with Gasteiger partial charge in [0, 0.05) is 42.9 Å². The molecule has 2 aromatic heterocycles. The molecule has 8 heteroatoms. The number of rotatable bonds is 6. The Balaban J connectivity index is 1.52. The summed E-state index contributed by atoms with van der Waals surface area (Å²) in [6, 6.07) is 1.90. The van der Waals surface area contributed by atoms with Gasteiger partial charge in [-0.2, -0.15) is 10.2 Å². The van der Waals surface area contributed by atoms with Crippen molar-refractivity contribution in [2.75, 3.05) is 11.9 Å². The van der Waals surface area contributed by atoms with Crippen molar-refractivity contribution in [1.29, 1.82) is 0 Å². The van der Waals surface area contributed by atoms with Crippen molar-refractivity contribution >= 4 is 17.7 Å². The molecule has 1 saturated carbocycles. The average Bonchev–Trinajstić information content (AvgIpc) is 3.30. The van der Waals surface area contributed by atoms with Crippen LogP contribution in [0.1, 0.15) is 49.1 Å². The van der Waals surface area contributed by atoms with Gasteiger partial charge in [-0.1, -0.05) is 0 Å². The second kappa shape index (κ2) is 7.72. The largest absolute Gasteiger partial charge is 0.466 e. The molecule has 0 spiro atoms. The molecule has 0 aliphatic heterocycles. The molecule has 2 N–H and O–H groups in total. The van der Waals surface area contributed by atoms with E-state index in [1.165, 1.54) is 6.92 Å². The second-order valence-electron chi connectivity index (χ2n) is 6.99. The SMILES string of the molecule is CC(=O)OCC1CC[C@H](c2cc(NC(=O)Cc3cnn(C)c3C)n[nH]2)C1. The maximum Gasteiger partial charge on any atom is 0.302 e. The summed E-state index contributed by atoms with van der Waals surface area (Å²) in [5, 5.41) is 14.2. The smallest absolute Gasteiger partial charge is 0.302 e. The van der Waals surface area contributed by atoms with Crippen LogP contribution in [0.2, 0.25) is 0 Å². The number of hydrogen-bond donors (Lipinski definition) is 2. The fraction of sp³-hybridized carbons (Fsp3) is 0.556. The van der Waals surface area contributed by atoms with E-state index in [2.05, 4.69) is 20.6 Å². The number of nitrogens with zero attached hydrogens (tertiary/aromatic N) is 3. The van der Waals surface area contributed by atoms with Crippen LogP contribution in [-0.2, 0) is 27.8 Å². The molecule has 1 fully saturated rings. The summed E-state index contributed by atoms with van der Waals surface area (Å²) < 4.78 is 6.86. The lowest BCUT2D eigenvalue weighted by atomic mass is 10.0. The van der Waals surface area contributed by atoms with E-state index in [4.69, 9.17) is 4.74 Å². The highest BCUT2D eigenvalue weighted by Crippen LogP contribution is 2.38. The van der Waals surface area contributed by atoms with Gasteiger partial charge in [-0.05, 0) is 32.1 Å². The summed E-state index contributed by atoms with van der Waals surface area (Å²) in [5.74, 6) is 0.935. The zero-order valence-electron chi connectivity index (χ0n) is 15.4. The first-order chi connectivity index (χ1) is 12.4. The van der Waals surface area contributed by atoms with Crippen molar-refractivity contribution in [2.45, 2.75) is 45.4 Å². The number of carbonyl (C=O) groups is 2. The van der Waals surface area contributed by atoms with Crippen LogP contribution < -0.4 is 5.32 Å². The van der Waals surface area contributed by atoms with Crippen molar-refractivity contribution in [2.24, 2.45) is 13.0 Å². The predicted octanol–water partition coefficient (Wildman–Crippen LogP) is 2.08. The minimum atomic E-state index is -0.233. The molecule has 2 aromatic rings. The molecule has 1 unspecified atom stereocenters. The zero-order valence-corrected chi connectivity index (χ0v) is 15.4. The van der Waals surface area contributed by atoms with E-state index < -0.39 is 0 Å². The highest BCUT2D eigenvalue weighted by atomic mass is 16.5. The third-order valence-electron chi connectivity index (χ3n) is 5.06. The normalized spacial score (nSPS) is 19.5. The molecule has 2 atom stereocenters. The number of anilines is 1. The number of H-pyrrole nitrogens is 1. The van der Waals surface area contributed by atoms with Crippen molar-refractivity contribution in [1.82, 2.24) is 20.0 Å².